The highest BCUT2D eigenvalue weighted by molar-refractivity contribution is 5.35. The van der Waals surface area contributed by atoms with E-state index in [4.69, 9.17) is 0 Å². The number of piperidine rings is 1. The molecule has 0 radical (unpaired) electrons. The summed E-state index contributed by atoms with van der Waals surface area (Å²) < 4.78 is 52.0. The van der Waals surface area contributed by atoms with E-state index >= 15 is 0 Å². The number of hydrogen-bond donors (Lipinski definition) is 2. The Kier molecular flexibility index (Phi) is 5.11. The minimum atomic E-state index is -4.68. The largest absolute Gasteiger partial charge is 0.419 e. The average Bonchev–Trinajstić information content (AvgIpc) is 3.02. The fraction of sp³-hybridized carbons (Fsp3) is 0.500. The first-order valence-electron chi connectivity index (χ1n) is 10.8. The van der Waals surface area contributed by atoms with Crippen LogP contribution in [0.1, 0.15) is 22.3 Å². The van der Waals surface area contributed by atoms with Crippen LogP contribution in [0, 0.1) is 23.6 Å². The fourth-order valence-corrected chi connectivity index (χ4v) is 5.65. The van der Waals surface area contributed by atoms with E-state index in [2.05, 4.69) is 22.3 Å². The van der Waals surface area contributed by atoms with Crippen molar-refractivity contribution in [1.82, 2.24) is 10.2 Å². The van der Waals surface area contributed by atoms with E-state index in [1.165, 1.54) is 17.2 Å². The van der Waals surface area contributed by atoms with Crippen LogP contribution in [0.4, 0.5) is 17.6 Å². The monoisotopic (exact) mass is 434 g/mol. The predicted molar refractivity (Wildman–Crippen MR) is 109 cm³/mol. The molecule has 2 unspecified atom stereocenters. The zero-order valence-corrected chi connectivity index (χ0v) is 17.1. The molecule has 0 aromatic heterocycles. The van der Waals surface area contributed by atoms with Crippen molar-refractivity contribution < 1.29 is 22.7 Å². The highest BCUT2D eigenvalue weighted by Crippen LogP contribution is 2.51. The van der Waals surface area contributed by atoms with Crippen molar-refractivity contribution in [2.24, 2.45) is 17.8 Å². The number of nitrogens with zero attached hydrogens (tertiary/aromatic N) is 1. The second kappa shape index (κ2) is 7.57. The molecule has 2 aliphatic carbocycles. The summed E-state index contributed by atoms with van der Waals surface area (Å²) >= 11 is 0. The maximum atomic E-state index is 13.4. The molecule has 2 aromatic rings. The Bertz CT molecular complexity index is 939. The number of rotatable bonds is 6. The molecule has 1 saturated carbocycles. The molecule has 166 valence electrons. The third-order valence-electron chi connectivity index (χ3n) is 7.17. The summed E-state index contributed by atoms with van der Waals surface area (Å²) in [6, 6.07) is 11.4. The van der Waals surface area contributed by atoms with Gasteiger partial charge < -0.3 is 10.4 Å². The summed E-state index contributed by atoms with van der Waals surface area (Å²) in [7, 11) is 0. The van der Waals surface area contributed by atoms with E-state index in [1.54, 1.807) is 0 Å². The lowest BCUT2D eigenvalue weighted by atomic mass is 9.99. The summed E-state index contributed by atoms with van der Waals surface area (Å²) in [5.74, 6) is 0.451. The lowest BCUT2D eigenvalue weighted by molar-refractivity contribution is -0.140. The van der Waals surface area contributed by atoms with E-state index in [1.807, 2.05) is 12.1 Å². The number of hydrogen-bond acceptors (Lipinski definition) is 3. The molecule has 7 heteroatoms. The number of β-amino-alcohol motifs (C(OH)–C–C–N with tert-alkyl or cyclic N) is 1. The van der Waals surface area contributed by atoms with Crippen molar-refractivity contribution in [3.05, 3.63) is 70.5 Å². The summed E-state index contributed by atoms with van der Waals surface area (Å²) in [5, 5.41) is 14.3. The van der Waals surface area contributed by atoms with Gasteiger partial charge in [-0.2, -0.15) is 13.2 Å². The molecule has 0 spiro atoms. The first-order chi connectivity index (χ1) is 14.7. The number of halogens is 4. The molecular weight excluding hydrogens is 408 g/mol. The molecule has 1 saturated heterocycles. The van der Waals surface area contributed by atoms with E-state index in [0.717, 1.165) is 31.8 Å². The first-order valence-corrected chi connectivity index (χ1v) is 10.8. The van der Waals surface area contributed by atoms with Gasteiger partial charge >= 0.3 is 6.18 Å². The molecule has 31 heavy (non-hydrogen) atoms. The Morgan fingerprint density at radius 3 is 2.29 bits per heavy atom. The summed E-state index contributed by atoms with van der Waals surface area (Å²) in [5.41, 5.74) is 1.02. The Morgan fingerprint density at radius 2 is 1.68 bits per heavy atom. The van der Waals surface area contributed by atoms with Gasteiger partial charge in [0.2, 0.25) is 0 Å². The minimum Gasteiger partial charge on any atom is -0.388 e. The van der Waals surface area contributed by atoms with Crippen LogP contribution in [0.25, 0.3) is 0 Å². The molecule has 2 fully saturated rings. The molecule has 5 rings (SSSR count). The van der Waals surface area contributed by atoms with Crippen molar-refractivity contribution in [1.29, 1.82) is 0 Å². The third-order valence-corrected chi connectivity index (χ3v) is 7.17. The number of nitrogens with one attached hydrogen (secondary N) is 1. The molecular formula is C24H26F4N2O. The second-order valence-electron chi connectivity index (χ2n) is 9.48. The summed E-state index contributed by atoms with van der Waals surface area (Å²) in [6.45, 7) is 3.65. The number of aliphatic hydroxyl groups is 1. The topological polar surface area (TPSA) is 35.5 Å². The third kappa shape index (κ3) is 4.23. The highest BCUT2D eigenvalue weighted by Gasteiger charge is 2.55. The van der Waals surface area contributed by atoms with Gasteiger partial charge in [0.25, 0.3) is 0 Å². The van der Waals surface area contributed by atoms with Gasteiger partial charge in [0, 0.05) is 39.0 Å². The van der Waals surface area contributed by atoms with Crippen LogP contribution in [0.2, 0.25) is 0 Å². The van der Waals surface area contributed by atoms with Crippen LogP contribution in [0.15, 0.2) is 42.5 Å². The Balaban J connectivity index is 1.08. The van der Waals surface area contributed by atoms with Gasteiger partial charge in [-0.05, 0) is 53.1 Å². The molecule has 2 atom stereocenters. The standard InChI is InChI=1S/C24H26F4N2O/c25-22-6-5-15(7-21(22)24(26,27)28)10-29-11-18-19-12-30(13-20(18)19)14-23(31)8-16-3-1-2-4-17(16)9-23/h1-7,18-20,29,31H,8-14H2. The zero-order chi connectivity index (χ0) is 21.8. The molecule has 3 aliphatic rings. The van der Waals surface area contributed by atoms with Gasteiger partial charge in [-0.15, -0.1) is 0 Å². The predicted octanol–water partition coefficient (Wildman–Crippen LogP) is 3.64. The molecule has 2 aromatic carbocycles. The highest BCUT2D eigenvalue weighted by atomic mass is 19.4. The van der Waals surface area contributed by atoms with Crippen molar-refractivity contribution >= 4 is 0 Å². The summed E-state index contributed by atoms with van der Waals surface area (Å²) in [6.07, 6.45) is -3.27. The number of alkyl halides is 3. The fourth-order valence-electron chi connectivity index (χ4n) is 5.65. The Morgan fingerprint density at radius 1 is 1.03 bits per heavy atom. The summed E-state index contributed by atoms with van der Waals surface area (Å²) in [4.78, 5) is 2.35. The number of benzene rings is 2. The van der Waals surface area contributed by atoms with Crippen molar-refractivity contribution in [3.63, 3.8) is 0 Å². The van der Waals surface area contributed by atoms with Gasteiger partial charge in [0.15, 0.2) is 0 Å². The normalized spacial score (nSPS) is 26.7. The molecule has 0 bridgehead atoms. The van der Waals surface area contributed by atoms with E-state index in [9.17, 15) is 22.7 Å². The van der Waals surface area contributed by atoms with Gasteiger partial charge in [0.05, 0.1) is 11.2 Å². The second-order valence-corrected chi connectivity index (χ2v) is 9.48. The van der Waals surface area contributed by atoms with Gasteiger partial charge in [-0.1, -0.05) is 30.3 Å². The average molecular weight is 434 g/mol. The van der Waals surface area contributed by atoms with Gasteiger partial charge in [-0.25, -0.2) is 4.39 Å². The Labute approximate surface area is 179 Å². The first kappa shape index (κ1) is 20.9. The smallest absolute Gasteiger partial charge is 0.388 e. The molecule has 2 N–H and O–H groups in total. The zero-order valence-electron chi connectivity index (χ0n) is 17.1. The maximum Gasteiger partial charge on any atom is 0.419 e. The van der Waals surface area contributed by atoms with E-state index in [0.29, 0.717) is 49.2 Å². The molecule has 1 heterocycles. The Hall–Kier alpha value is -1.96. The van der Waals surface area contributed by atoms with Crippen LogP contribution in [-0.2, 0) is 25.6 Å². The lowest BCUT2D eigenvalue weighted by Gasteiger charge is -2.30. The van der Waals surface area contributed by atoms with Gasteiger partial charge in [0.1, 0.15) is 5.82 Å². The van der Waals surface area contributed by atoms with Crippen molar-refractivity contribution in [2.45, 2.75) is 31.2 Å². The quantitative estimate of drug-likeness (QED) is 0.682. The SMILES string of the molecule is OC1(CN2CC3C(CNCc4ccc(F)c(C(F)(F)F)c4)C3C2)Cc2ccccc2C1. The maximum absolute atomic E-state index is 13.4. The number of fused-ring (bicyclic) bond motifs is 2. The van der Waals surface area contributed by atoms with Crippen LogP contribution in [-0.4, -0.2) is 41.8 Å². The van der Waals surface area contributed by atoms with E-state index < -0.39 is 23.2 Å². The lowest BCUT2D eigenvalue weighted by Crippen LogP contribution is -2.44. The number of likely N-dealkylation sites (tertiary alicyclic amines) is 1. The molecule has 3 nitrogen and oxygen atoms in total. The van der Waals surface area contributed by atoms with Crippen LogP contribution in [0.3, 0.4) is 0 Å². The van der Waals surface area contributed by atoms with Crippen molar-refractivity contribution in [3.8, 4) is 0 Å². The van der Waals surface area contributed by atoms with Crippen LogP contribution < -0.4 is 5.32 Å². The molecule has 0 amide bonds. The minimum absolute atomic E-state index is 0.293. The van der Waals surface area contributed by atoms with Gasteiger partial charge in [-0.3, -0.25) is 4.90 Å². The van der Waals surface area contributed by atoms with Crippen LogP contribution in [0.5, 0.6) is 0 Å². The van der Waals surface area contributed by atoms with Crippen molar-refractivity contribution in [2.75, 3.05) is 26.2 Å². The van der Waals surface area contributed by atoms with E-state index in [-0.39, 0.29) is 0 Å². The van der Waals surface area contributed by atoms with Crippen LogP contribution >= 0.6 is 0 Å². The molecule has 1 aliphatic heterocycles.